The van der Waals surface area contributed by atoms with Crippen molar-refractivity contribution in [1.82, 2.24) is 19.8 Å². The lowest BCUT2D eigenvalue weighted by Gasteiger charge is -2.34. The number of aromatic nitrogens is 1. The van der Waals surface area contributed by atoms with Crippen LogP contribution in [0.25, 0.3) is 20.8 Å². The summed E-state index contributed by atoms with van der Waals surface area (Å²) in [5, 5.41) is 7.32. The number of rotatable bonds is 21. The van der Waals surface area contributed by atoms with Crippen LogP contribution in [0.4, 0.5) is 0 Å². The molecule has 1 fully saturated rings. The van der Waals surface area contributed by atoms with Gasteiger partial charge >= 0.3 is 0 Å². The van der Waals surface area contributed by atoms with Gasteiger partial charge in [-0.25, -0.2) is 9.99 Å². The molecule has 7 rings (SSSR count). The number of unbranched alkanes of at least 4 members (excludes halogenated alkanes) is 4. The third-order valence-corrected chi connectivity index (χ3v) is 12.5. The molecule has 12 nitrogen and oxygen atoms in total. The van der Waals surface area contributed by atoms with Crippen molar-refractivity contribution in [1.29, 1.82) is 0 Å². The topological polar surface area (TPSA) is 107 Å². The van der Waals surface area contributed by atoms with Crippen molar-refractivity contribution < 1.29 is 33.2 Å². The van der Waals surface area contributed by atoms with Crippen LogP contribution in [-0.2, 0) is 4.79 Å². The largest absolute Gasteiger partial charge is 0.494 e. The van der Waals surface area contributed by atoms with Gasteiger partial charge in [0, 0.05) is 50.7 Å². The van der Waals surface area contributed by atoms with E-state index in [1.54, 1.807) is 39.8 Å². The van der Waals surface area contributed by atoms with E-state index in [-0.39, 0.29) is 11.9 Å². The van der Waals surface area contributed by atoms with Gasteiger partial charge in [-0.05, 0) is 118 Å². The van der Waals surface area contributed by atoms with Gasteiger partial charge in [0.2, 0.25) is 11.7 Å². The Labute approximate surface area is 364 Å². The smallest absolute Gasteiger partial charge is 0.240 e. The maximum Gasteiger partial charge on any atom is 0.240 e. The highest BCUT2D eigenvalue weighted by Gasteiger charge is 2.33. The van der Waals surface area contributed by atoms with Gasteiger partial charge in [0.05, 0.1) is 63.6 Å². The monoisotopic (exact) mass is 849 g/mol. The number of nitrogens with zero attached hydrogens (tertiary/aromatic N) is 5. The molecule has 2 aliphatic heterocycles. The molecule has 1 atom stereocenters. The summed E-state index contributed by atoms with van der Waals surface area (Å²) in [6.07, 6.45) is 7.13. The highest BCUT2D eigenvalue weighted by molar-refractivity contribution is 7.21. The van der Waals surface area contributed by atoms with Crippen LogP contribution in [0, 0.1) is 0 Å². The maximum absolute atomic E-state index is 12.8. The van der Waals surface area contributed by atoms with Crippen molar-refractivity contribution in [2.45, 2.75) is 57.9 Å². The molecule has 4 aromatic carbocycles. The van der Waals surface area contributed by atoms with Crippen LogP contribution in [-0.4, -0.2) is 112 Å². The molecule has 0 N–H and O–H groups in total. The van der Waals surface area contributed by atoms with Crippen LogP contribution in [0.3, 0.4) is 0 Å². The van der Waals surface area contributed by atoms with E-state index in [4.69, 9.17) is 38.5 Å². The average molecular weight is 850 g/mol. The third-order valence-electron chi connectivity index (χ3n) is 11.4. The molecular formula is C48H59N5O7S. The molecule has 1 amide bonds. The molecule has 0 aliphatic carbocycles. The number of fused-ring (bicyclic) bond motifs is 1. The second-order valence-corrected chi connectivity index (χ2v) is 16.5. The van der Waals surface area contributed by atoms with E-state index in [0.29, 0.717) is 41.8 Å². The zero-order chi connectivity index (χ0) is 42.6. The van der Waals surface area contributed by atoms with Gasteiger partial charge in [-0.2, -0.15) is 5.10 Å². The lowest BCUT2D eigenvalue weighted by molar-refractivity contribution is -0.130. The van der Waals surface area contributed by atoms with Crippen molar-refractivity contribution in [2.75, 3.05) is 80.9 Å². The molecule has 1 saturated heterocycles. The summed E-state index contributed by atoms with van der Waals surface area (Å²) >= 11 is 1.72. The Morgan fingerprint density at radius 3 is 1.92 bits per heavy atom. The van der Waals surface area contributed by atoms with E-state index in [1.165, 1.54) is 29.5 Å². The van der Waals surface area contributed by atoms with E-state index in [0.717, 1.165) is 110 Å². The standard InChI is InChI=1S/C48H59N5O7S/c1-34(54)53-41(33-40(50-53)37-31-44(56-3)47(58-5)45(32-37)57-4)36-18-21-42(55-2)43(30-36)60-29-13-7-11-23-52-26-24-51(25-27-52)22-10-6-12-28-59-38-19-16-35(17-20-38)48-49-39-14-8-9-15-46(39)61-48/h8-9,14-21,30-32,41H,6-7,10-13,22-29,33H2,1-5H3. The van der Waals surface area contributed by atoms with Gasteiger partial charge in [-0.15, -0.1) is 11.3 Å². The molecule has 2 aliphatic rings. The van der Waals surface area contributed by atoms with Gasteiger partial charge in [-0.3, -0.25) is 4.79 Å². The lowest BCUT2D eigenvalue weighted by atomic mass is 9.97. The predicted molar refractivity (Wildman–Crippen MR) is 242 cm³/mol. The Bertz CT molecular complexity index is 2180. The average Bonchev–Trinajstić information content (AvgIpc) is 3.95. The number of amides is 1. The molecule has 1 unspecified atom stereocenters. The first kappa shape index (κ1) is 43.7. The minimum absolute atomic E-state index is 0.148. The first-order valence-electron chi connectivity index (χ1n) is 21.4. The first-order chi connectivity index (χ1) is 29.9. The highest BCUT2D eigenvalue weighted by Crippen LogP contribution is 2.42. The second-order valence-electron chi connectivity index (χ2n) is 15.5. The number of benzene rings is 4. The lowest BCUT2D eigenvalue weighted by Crippen LogP contribution is -2.46. The van der Waals surface area contributed by atoms with Crippen LogP contribution >= 0.6 is 11.3 Å². The summed E-state index contributed by atoms with van der Waals surface area (Å²) in [6.45, 7) is 9.65. The third kappa shape index (κ3) is 11.1. The van der Waals surface area contributed by atoms with Crippen molar-refractivity contribution in [3.05, 3.63) is 90.0 Å². The number of carbonyl (C=O) groups is 1. The van der Waals surface area contributed by atoms with Crippen LogP contribution in [0.2, 0.25) is 0 Å². The zero-order valence-corrected chi connectivity index (χ0v) is 37.0. The molecule has 1 aromatic heterocycles. The molecule has 13 heteroatoms. The Kier molecular flexibility index (Phi) is 15.4. The van der Waals surface area contributed by atoms with Gasteiger partial charge in [0.25, 0.3) is 0 Å². The summed E-state index contributed by atoms with van der Waals surface area (Å²) in [6, 6.07) is 25.9. The molecule has 5 aromatic rings. The normalized spacial score (nSPS) is 15.8. The highest BCUT2D eigenvalue weighted by atomic mass is 32.1. The molecule has 0 radical (unpaired) electrons. The fourth-order valence-corrected chi connectivity index (χ4v) is 8.99. The Morgan fingerprint density at radius 2 is 1.31 bits per heavy atom. The number of piperazine rings is 1. The van der Waals surface area contributed by atoms with Crippen LogP contribution in [0.1, 0.15) is 69.0 Å². The summed E-state index contributed by atoms with van der Waals surface area (Å²) in [7, 11) is 6.38. The zero-order valence-electron chi connectivity index (χ0n) is 36.2. The Balaban J connectivity index is 0.775. The van der Waals surface area contributed by atoms with Crippen molar-refractivity contribution in [3.8, 4) is 45.1 Å². The molecule has 61 heavy (non-hydrogen) atoms. The number of thiazole rings is 1. The fourth-order valence-electron chi connectivity index (χ4n) is 8.02. The minimum Gasteiger partial charge on any atom is -0.494 e. The number of carbonyl (C=O) groups excluding carboxylic acids is 1. The predicted octanol–water partition coefficient (Wildman–Crippen LogP) is 9.11. The molecule has 0 bridgehead atoms. The van der Waals surface area contributed by atoms with Crippen molar-refractivity contribution in [3.63, 3.8) is 0 Å². The van der Waals surface area contributed by atoms with E-state index < -0.39 is 0 Å². The molecule has 0 saturated carbocycles. The van der Waals surface area contributed by atoms with Crippen molar-refractivity contribution in [2.24, 2.45) is 5.10 Å². The summed E-state index contributed by atoms with van der Waals surface area (Å²) in [4.78, 5) is 22.8. The van der Waals surface area contributed by atoms with Gasteiger partial charge < -0.3 is 38.2 Å². The SMILES string of the molecule is COc1ccc(C2CC(c3cc(OC)c(OC)c(OC)c3)=NN2C(C)=O)cc1OCCCCCN1CCN(CCCCCOc2ccc(-c3nc4ccccc4s3)cc2)CC1. The Morgan fingerprint density at radius 1 is 0.672 bits per heavy atom. The quantitative estimate of drug-likeness (QED) is 0.0664. The van der Waals surface area contributed by atoms with Gasteiger partial charge in [0.1, 0.15) is 10.8 Å². The van der Waals surface area contributed by atoms with E-state index >= 15 is 0 Å². The minimum atomic E-state index is -0.299. The van der Waals surface area contributed by atoms with Crippen molar-refractivity contribution >= 4 is 33.2 Å². The fraction of sp³-hybridized carbons (Fsp3) is 0.438. The van der Waals surface area contributed by atoms with Gasteiger partial charge in [0.15, 0.2) is 23.0 Å². The Hall–Kier alpha value is -5.37. The number of hydrogen-bond acceptors (Lipinski definition) is 12. The number of para-hydroxylation sites is 1. The number of hydrogen-bond donors (Lipinski definition) is 0. The molecule has 0 spiro atoms. The molecular weight excluding hydrogens is 791 g/mol. The van der Waals surface area contributed by atoms with E-state index in [9.17, 15) is 4.79 Å². The molecule has 3 heterocycles. The maximum atomic E-state index is 12.8. The first-order valence-corrected chi connectivity index (χ1v) is 22.2. The van der Waals surface area contributed by atoms with Crippen LogP contribution < -0.4 is 28.4 Å². The summed E-state index contributed by atoms with van der Waals surface area (Å²) in [5.74, 6) is 3.66. The summed E-state index contributed by atoms with van der Waals surface area (Å²) < 4.78 is 35.8. The van der Waals surface area contributed by atoms with E-state index in [2.05, 4.69) is 52.3 Å². The van der Waals surface area contributed by atoms with Crippen LogP contribution in [0.15, 0.2) is 84.0 Å². The number of ether oxygens (including phenoxy) is 6. The second kappa shape index (κ2) is 21.4. The van der Waals surface area contributed by atoms with Gasteiger partial charge in [-0.1, -0.05) is 18.2 Å². The summed E-state index contributed by atoms with van der Waals surface area (Å²) in [5.41, 5.74) is 4.64. The van der Waals surface area contributed by atoms with E-state index in [1.807, 2.05) is 36.4 Å². The number of hydrazone groups is 1. The number of methoxy groups -OCH3 is 4. The molecule has 324 valence electrons. The van der Waals surface area contributed by atoms with Crippen LogP contribution in [0.5, 0.6) is 34.5 Å².